The molecule has 1 aromatic heterocycles. The Labute approximate surface area is 70.8 Å². The quantitative estimate of drug-likeness (QED) is 0.543. The summed E-state index contributed by atoms with van der Waals surface area (Å²) in [6.07, 6.45) is 1.05. The number of aliphatic imine (C=N–C) groups is 1. The largest absolute Gasteiger partial charge is 0.383 e. The third kappa shape index (κ3) is 2.35. The number of nitrogens with two attached hydrogens (primary N) is 1. The van der Waals surface area contributed by atoms with Crippen LogP contribution in [0.2, 0.25) is 0 Å². The Morgan fingerprint density at radius 1 is 1.73 bits per heavy atom. The van der Waals surface area contributed by atoms with Crippen molar-refractivity contribution in [3.8, 4) is 0 Å². The van der Waals surface area contributed by atoms with Crippen molar-refractivity contribution in [1.29, 1.82) is 0 Å². The maximum absolute atomic E-state index is 5.69. The second-order valence-corrected chi connectivity index (χ2v) is 3.19. The molecule has 1 heterocycles. The summed E-state index contributed by atoms with van der Waals surface area (Å²) in [6, 6.07) is 3.97. The molecule has 1 rings (SSSR count). The van der Waals surface area contributed by atoms with Crippen LogP contribution < -0.4 is 5.73 Å². The average molecular weight is 168 g/mol. The van der Waals surface area contributed by atoms with Gasteiger partial charge in [0.1, 0.15) is 5.84 Å². The van der Waals surface area contributed by atoms with Gasteiger partial charge in [-0.05, 0) is 17.9 Å². The maximum Gasteiger partial charge on any atom is 0.135 e. The summed E-state index contributed by atoms with van der Waals surface area (Å²) in [5, 5.41) is 2.00. The molecule has 0 aliphatic heterocycles. The number of amidine groups is 1. The highest BCUT2D eigenvalue weighted by atomic mass is 32.1. The van der Waals surface area contributed by atoms with E-state index in [9.17, 15) is 0 Å². The van der Waals surface area contributed by atoms with Gasteiger partial charge in [-0.15, -0.1) is 11.3 Å². The van der Waals surface area contributed by atoms with Crippen molar-refractivity contribution in [1.82, 2.24) is 0 Å². The fourth-order valence-electron chi connectivity index (χ4n) is 0.734. The summed E-state index contributed by atoms with van der Waals surface area (Å²) in [4.78, 5) is 5.26. The fraction of sp³-hybridized carbons (Fsp3) is 0.375. The third-order valence-electron chi connectivity index (χ3n) is 1.28. The monoisotopic (exact) mass is 168 g/mol. The van der Waals surface area contributed by atoms with E-state index in [0.717, 1.165) is 17.8 Å². The zero-order chi connectivity index (χ0) is 8.10. The molecule has 0 aliphatic carbocycles. The van der Waals surface area contributed by atoms with Crippen LogP contribution in [0.25, 0.3) is 0 Å². The van der Waals surface area contributed by atoms with Crippen LogP contribution in [0, 0.1) is 0 Å². The van der Waals surface area contributed by atoms with Gasteiger partial charge >= 0.3 is 0 Å². The van der Waals surface area contributed by atoms with Gasteiger partial charge in [-0.1, -0.05) is 13.0 Å². The number of thiophene rings is 1. The molecule has 3 heteroatoms. The van der Waals surface area contributed by atoms with Crippen molar-refractivity contribution in [2.24, 2.45) is 10.7 Å². The summed E-state index contributed by atoms with van der Waals surface area (Å²) >= 11 is 1.63. The topological polar surface area (TPSA) is 38.4 Å². The Kier molecular flexibility index (Phi) is 3.11. The van der Waals surface area contributed by atoms with Crippen LogP contribution in [0.5, 0.6) is 0 Å². The highest BCUT2D eigenvalue weighted by Crippen LogP contribution is 2.07. The zero-order valence-corrected chi connectivity index (χ0v) is 7.40. The van der Waals surface area contributed by atoms with E-state index in [1.54, 1.807) is 11.3 Å². The second-order valence-electron chi connectivity index (χ2n) is 2.24. The molecule has 0 aromatic carbocycles. The first-order valence-electron chi connectivity index (χ1n) is 3.68. The summed E-state index contributed by atoms with van der Waals surface area (Å²) in [7, 11) is 0. The summed E-state index contributed by atoms with van der Waals surface area (Å²) in [6.45, 7) is 2.91. The Balaban J connectivity index is 2.62. The highest BCUT2D eigenvalue weighted by Gasteiger charge is 1.95. The van der Waals surface area contributed by atoms with Crippen LogP contribution in [-0.2, 0) is 0 Å². The minimum Gasteiger partial charge on any atom is -0.383 e. The fourth-order valence-corrected chi connectivity index (χ4v) is 1.38. The molecule has 11 heavy (non-hydrogen) atoms. The van der Waals surface area contributed by atoms with Crippen LogP contribution >= 0.6 is 11.3 Å². The number of rotatable bonds is 3. The van der Waals surface area contributed by atoms with Gasteiger partial charge in [-0.3, -0.25) is 4.99 Å². The lowest BCUT2D eigenvalue weighted by molar-refractivity contribution is 0.931. The number of hydrogen-bond donors (Lipinski definition) is 1. The second kappa shape index (κ2) is 4.13. The Bertz CT molecular complexity index is 226. The van der Waals surface area contributed by atoms with Crippen molar-refractivity contribution < 1.29 is 0 Å². The number of nitrogens with zero attached hydrogens (tertiary/aromatic N) is 1. The Morgan fingerprint density at radius 2 is 2.55 bits per heavy atom. The van der Waals surface area contributed by atoms with Gasteiger partial charge in [0.15, 0.2) is 0 Å². The molecule has 0 saturated carbocycles. The first kappa shape index (κ1) is 8.27. The summed E-state index contributed by atoms with van der Waals surface area (Å²) in [5.41, 5.74) is 5.69. The van der Waals surface area contributed by atoms with E-state index in [-0.39, 0.29) is 0 Å². The molecule has 0 unspecified atom stereocenters. The van der Waals surface area contributed by atoms with E-state index in [4.69, 9.17) is 5.73 Å². The molecule has 0 amide bonds. The van der Waals surface area contributed by atoms with Crippen molar-refractivity contribution in [2.75, 3.05) is 6.54 Å². The lowest BCUT2D eigenvalue weighted by Gasteiger charge is -1.94. The van der Waals surface area contributed by atoms with Crippen molar-refractivity contribution in [3.63, 3.8) is 0 Å². The van der Waals surface area contributed by atoms with Crippen LogP contribution in [0.15, 0.2) is 22.5 Å². The first-order chi connectivity index (χ1) is 5.34. The van der Waals surface area contributed by atoms with E-state index in [2.05, 4.69) is 11.9 Å². The van der Waals surface area contributed by atoms with Gasteiger partial charge < -0.3 is 5.73 Å². The van der Waals surface area contributed by atoms with Gasteiger partial charge in [0.2, 0.25) is 0 Å². The SMILES string of the molecule is CCCN=C(N)c1cccs1. The maximum atomic E-state index is 5.69. The standard InChI is InChI=1S/C8H12N2S/c1-2-5-10-8(9)7-4-3-6-11-7/h3-4,6H,2,5H2,1H3,(H2,9,10). The molecule has 0 fully saturated rings. The third-order valence-corrected chi connectivity index (χ3v) is 2.17. The normalized spacial score (nSPS) is 11.9. The van der Waals surface area contributed by atoms with Gasteiger partial charge in [0.05, 0.1) is 4.88 Å². The first-order valence-corrected chi connectivity index (χ1v) is 4.56. The molecule has 0 atom stereocenters. The molecule has 2 nitrogen and oxygen atoms in total. The molecular formula is C8H12N2S. The van der Waals surface area contributed by atoms with Gasteiger partial charge in [0, 0.05) is 6.54 Å². The van der Waals surface area contributed by atoms with Crippen molar-refractivity contribution >= 4 is 17.2 Å². The van der Waals surface area contributed by atoms with Crippen molar-refractivity contribution in [2.45, 2.75) is 13.3 Å². The molecule has 0 saturated heterocycles. The van der Waals surface area contributed by atoms with Crippen LogP contribution in [-0.4, -0.2) is 12.4 Å². The average Bonchev–Trinajstić information content (AvgIpc) is 2.52. The van der Waals surface area contributed by atoms with E-state index in [0.29, 0.717) is 5.84 Å². The Morgan fingerprint density at radius 3 is 3.09 bits per heavy atom. The van der Waals surface area contributed by atoms with Crippen LogP contribution in [0.1, 0.15) is 18.2 Å². The number of hydrogen-bond acceptors (Lipinski definition) is 2. The summed E-state index contributed by atoms with van der Waals surface area (Å²) in [5.74, 6) is 0.668. The zero-order valence-electron chi connectivity index (χ0n) is 6.58. The summed E-state index contributed by atoms with van der Waals surface area (Å²) < 4.78 is 0. The van der Waals surface area contributed by atoms with E-state index in [1.165, 1.54) is 0 Å². The Hall–Kier alpha value is -0.830. The smallest absolute Gasteiger partial charge is 0.135 e. The van der Waals surface area contributed by atoms with Crippen LogP contribution in [0.3, 0.4) is 0 Å². The van der Waals surface area contributed by atoms with E-state index < -0.39 is 0 Å². The molecule has 0 bridgehead atoms. The predicted molar refractivity (Wildman–Crippen MR) is 50.2 cm³/mol. The highest BCUT2D eigenvalue weighted by molar-refractivity contribution is 7.12. The molecule has 0 aliphatic rings. The molecule has 1 aromatic rings. The lowest BCUT2D eigenvalue weighted by Crippen LogP contribution is -2.11. The van der Waals surface area contributed by atoms with Gasteiger partial charge in [-0.2, -0.15) is 0 Å². The van der Waals surface area contributed by atoms with E-state index >= 15 is 0 Å². The predicted octanol–water partition coefficient (Wildman–Crippen LogP) is 1.86. The molecule has 0 radical (unpaired) electrons. The molecule has 0 spiro atoms. The lowest BCUT2D eigenvalue weighted by atomic mass is 10.4. The molecule has 2 N–H and O–H groups in total. The van der Waals surface area contributed by atoms with Crippen LogP contribution in [0.4, 0.5) is 0 Å². The minimum atomic E-state index is 0.668. The van der Waals surface area contributed by atoms with Gasteiger partial charge in [0.25, 0.3) is 0 Å². The molecular weight excluding hydrogens is 156 g/mol. The molecule has 60 valence electrons. The van der Waals surface area contributed by atoms with Crippen molar-refractivity contribution in [3.05, 3.63) is 22.4 Å². The van der Waals surface area contributed by atoms with E-state index in [1.807, 2.05) is 17.5 Å². The van der Waals surface area contributed by atoms with Gasteiger partial charge in [-0.25, -0.2) is 0 Å². The minimum absolute atomic E-state index is 0.668.